The molecule has 2 atom stereocenters. The molecule has 0 radical (unpaired) electrons. The third-order valence-corrected chi connectivity index (χ3v) is 3.22. The molecule has 0 unspecified atom stereocenters. The van der Waals surface area contributed by atoms with E-state index in [1.807, 2.05) is 0 Å². The summed E-state index contributed by atoms with van der Waals surface area (Å²) < 4.78 is 0. The van der Waals surface area contributed by atoms with Gasteiger partial charge >= 0.3 is 0 Å². The van der Waals surface area contributed by atoms with Crippen molar-refractivity contribution < 1.29 is 9.59 Å². The molecule has 0 aromatic heterocycles. The molecule has 1 aliphatic heterocycles. The maximum absolute atomic E-state index is 11.9. The maximum Gasteiger partial charge on any atom is 0.261 e. The number of nitrogens with zero attached hydrogens (tertiary/aromatic N) is 1. The zero-order chi connectivity index (χ0) is 10.6. The van der Waals surface area contributed by atoms with E-state index in [-0.39, 0.29) is 17.9 Å². The Morgan fingerprint density at radius 1 is 1.13 bits per heavy atom. The first-order valence-corrected chi connectivity index (χ1v) is 5.17. The molecule has 74 valence electrons. The number of hydrogen-bond donors (Lipinski definition) is 0. The number of imide groups is 1. The molecule has 2 amide bonds. The second-order valence-corrected chi connectivity index (χ2v) is 4.31. The summed E-state index contributed by atoms with van der Waals surface area (Å²) in [5, 5.41) is 0. The summed E-state index contributed by atoms with van der Waals surface area (Å²) in [6.45, 7) is 0. The number of carbonyl (C=O) groups excluding carboxylic acids is 2. The van der Waals surface area contributed by atoms with E-state index in [1.54, 1.807) is 24.3 Å². The fourth-order valence-electron chi connectivity index (χ4n) is 2.17. The molecule has 1 heterocycles. The predicted molar refractivity (Wildman–Crippen MR) is 57.6 cm³/mol. The van der Waals surface area contributed by atoms with Crippen molar-refractivity contribution in [2.75, 3.05) is 0 Å². The van der Waals surface area contributed by atoms with Gasteiger partial charge < -0.3 is 0 Å². The highest BCUT2D eigenvalue weighted by Crippen LogP contribution is 2.42. The number of hydrogen-bond acceptors (Lipinski definition) is 2. The summed E-state index contributed by atoms with van der Waals surface area (Å²) in [4.78, 5) is 25.3. The van der Waals surface area contributed by atoms with Crippen LogP contribution in [0.5, 0.6) is 0 Å². The van der Waals surface area contributed by atoms with Crippen LogP contribution in [0.2, 0.25) is 5.82 Å². The van der Waals surface area contributed by atoms with E-state index in [9.17, 15) is 9.59 Å². The molecule has 1 aliphatic carbocycles. The van der Waals surface area contributed by atoms with Gasteiger partial charge in [-0.3, -0.25) is 14.5 Å². The first-order chi connectivity index (χ1) is 7.20. The molecule has 0 N–H and O–H groups in total. The first kappa shape index (κ1) is 8.71. The summed E-state index contributed by atoms with van der Waals surface area (Å²) in [6, 6.07) is 7.18. The molecular formula is C11H10BNO2. The molecule has 4 heteroatoms. The van der Waals surface area contributed by atoms with E-state index in [0.29, 0.717) is 16.9 Å². The Labute approximate surface area is 88.5 Å². The molecule has 0 bridgehead atoms. The zero-order valence-electron chi connectivity index (χ0n) is 8.43. The highest BCUT2D eigenvalue weighted by atomic mass is 16.2. The van der Waals surface area contributed by atoms with E-state index in [2.05, 4.69) is 7.85 Å². The van der Waals surface area contributed by atoms with Crippen LogP contribution in [0.1, 0.15) is 27.1 Å². The normalized spacial score (nSPS) is 28.1. The zero-order valence-corrected chi connectivity index (χ0v) is 8.43. The number of fused-ring (bicyclic) bond motifs is 1. The number of rotatable bonds is 1. The molecule has 1 aromatic rings. The lowest BCUT2D eigenvalue weighted by Crippen LogP contribution is -2.32. The van der Waals surface area contributed by atoms with Crippen molar-refractivity contribution in [2.24, 2.45) is 0 Å². The largest absolute Gasteiger partial charge is 0.272 e. The maximum atomic E-state index is 11.9. The van der Waals surface area contributed by atoms with Gasteiger partial charge in [0.25, 0.3) is 11.8 Å². The molecule has 0 spiro atoms. The molecule has 3 rings (SSSR count). The lowest BCUT2D eigenvalue weighted by Gasteiger charge is -2.12. The van der Waals surface area contributed by atoms with Gasteiger partial charge in [0, 0.05) is 6.04 Å². The lowest BCUT2D eigenvalue weighted by atomic mass is 10.0. The smallest absolute Gasteiger partial charge is 0.261 e. The minimum Gasteiger partial charge on any atom is -0.272 e. The van der Waals surface area contributed by atoms with Gasteiger partial charge in [0.1, 0.15) is 7.85 Å². The van der Waals surface area contributed by atoms with Crippen LogP contribution in [0.25, 0.3) is 0 Å². The Kier molecular flexibility index (Phi) is 1.58. The Morgan fingerprint density at radius 3 is 2.00 bits per heavy atom. The Balaban J connectivity index is 2.05. The van der Waals surface area contributed by atoms with Crippen molar-refractivity contribution in [1.82, 2.24) is 4.90 Å². The van der Waals surface area contributed by atoms with Gasteiger partial charge in [-0.2, -0.15) is 0 Å². The van der Waals surface area contributed by atoms with Crippen LogP contribution < -0.4 is 0 Å². The van der Waals surface area contributed by atoms with Gasteiger partial charge in [-0.05, 0) is 24.4 Å². The molecule has 1 saturated carbocycles. The fourth-order valence-corrected chi connectivity index (χ4v) is 2.17. The number of benzene rings is 1. The number of carbonyl (C=O) groups is 2. The lowest BCUT2D eigenvalue weighted by molar-refractivity contribution is 0.0642. The molecule has 0 saturated heterocycles. The first-order valence-electron chi connectivity index (χ1n) is 5.17. The third kappa shape index (κ3) is 1.08. The SMILES string of the molecule is B[C@H]1C[C@H]1N1C(=O)c2ccccc2C1=O. The van der Waals surface area contributed by atoms with Crippen molar-refractivity contribution in [3.8, 4) is 0 Å². The monoisotopic (exact) mass is 199 g/mol. The summed E-state index contributed by atoms with van der Waals surface area (Å²) in [5.74, 6) is 0.224. The predicted octanol–water partition coefficient (Wildman–Crippen LogP) is 0.476. The van der Waals surface area contributed by atoms with Crippen molar-refractivity contribution in [1.29, 1.82) is 0 Å². The van der Waals surface area contributed by atoms with Crippen LogP contribution in [0.4, 0.5) is 0 Å². The summed E-state index contributed by atoms with van der Waals surface area (Å²) in [7, 11) is 2.06. The van der Waals surface area contributed by atoms with Crippen LogP contribution in [0.3, 0.4) is 0 Å². The molecule has 2 aliphatic rings. The summed E-state index contributed by atoms with van der Waals surface area (Å²) >= 11 is 0. The Morgan fingerprint density at radius 2 is 1.60 bits per heavy atom. The van der Waals surface area contributed by atoms with Crippen molar-refractivity contribution in [3.63, 3.8) is 0 Å². The van der Waals surface area contributed by atoms with E-state index >= 15 is 0 Å². The summed E-state index contributed by atoms with van der Waals surface area (Å²) in [5.41, 5.74) is 1.11. The van der Waals surface area contributed by atoms with Gasteiger partial charge in [0.2, 0.25) is 0 Å². The van der Waals surface area contributed by atoms with Crippen LogP contribution in [-0.2, 0) is 0 Å². The standard InChI is InChI=1S/C11H10BNO2/c12-8-5-9(8)13-10(14)6-3-1-2-4-7(6)11(13)15/h1-4,8-9H,5,12H2/t8-,9+/m0/s1. The highest BCUT2D eigenvalue weighted by molar-refractivity contribution is 6.23. The van der Waals surface area contributed by atoms with E-state index < -0.39 is 0 Å². The molecule has 1 fully saturated rings. The highest BCUT2D eigenvalue weighted by Gasteiger charge is 2.48. The van der Waals surface area contributed by atoms with E-state index in [1.165, 1.54) is 4.90 Å². The van der Waals surface area contributed by atoms with Gasteiger partial charge in [-0.15, -0.1) is 0 Å². The van der Waals surface area contributed by atoms with E-state index in [0.717, 1.165) is 6.42 Å². The van der Waals surface area contributed by atoms with Crippen LogP contribution >= 0.6 is 0 Å². The third-order valence-electron chi connectivity index (χ3n) is 3.22. The minimum atomic E-state index is -0.120. The van der Waals surface area contributed by atoms with Crippen LogP contribution in [0.15, 0.2) is 24.3 Å². The van der Waals surface area contributed by atoms with Gasteiger partial charge in [-0.25, -0.2) is 0 Å². The van der Waals surface area contributed by atoms with Gasteiger partial charge in [-0.1, -0.05) is 12.1 Å². The minimum absolute atomic E-state index is 0.120. The molecular weight excluding hydrogens is 189 g/mol. The second-order valence-electron chi connectivity index (χ2n) is 4.31. The second kappa shape index (κ2) is 2.72. The van der Waals surface area contributed by atoms with E-state index in [4.69, 9.17) is 0 Å². The van der Waals surface area contributed by atoms with Crippen molar-refractivity contribution in [3.05, 3.63) is 35.4 Å². The molecule has 3 nitrogen and oxygen atoms in total. The quantitative estimate of drug-likeness (QED) is 0.487. The van der Waals surface area contributed by atoms with Crippen LogP contribution in [0, 0.1) is 0 Å². The molecule has 1 aromatic carbocycles. The number of amides is 2. The average molecular weight is 199 g/mol. The average Bonchev–Trinajstić information content (AvgIpc) is 2.89. The topological polar surface area (TPSA) is 37.4 Å². The Bertz CT molecular complexity index is 436. The van der Waals surface area contributed by atoms with Crippen molar-refractivity contribution >= 4 is 19.7 Å². The van der Waals surface area contributed by atoms with Gasteiger partial charge in [0.15, 0.2) is 0 Å². The Hall–Kier alpha value is -1.58. The van der Waals surface area contributed by atoms with Gasteiger partial charge in [0.05, 0.1) is 11.1 Å². The van der Waals surface area contributed by atoms with Crippen LogP contribution in [-0.4, -0.2) is 30.6 Å². The van der Waals surface area contributed by atoms with Crippen molar-refractivity contribution in [2.45, 2.75) is 18.3 Å². The molecule has 15 heavy (non-hydrogen) atoms. The summed E-state index contributed by atoms with van der Waals surface area (Å²) in [6.07, 6.45) is 0.950. The fraction of sp³-hybridized carbons (Fsp3) is 0.273.